The highest BCUT2D eigenvalue weighted by Crippen LogP contribution is 1.93. The predicted molar refractivity (Wildman–Crippen MR) is 74.8 cm³/mol. The van der Waals surface area contributed by atoms with E-state index in [-0.39, 0.29) is 5.91 Å². The fourth-order valence-electron chi connectivity index (χ4n) is 1.31. The largest absolute Gasteiger partial charge is 0.355 e. The number of hydrogen-bond donors (Lipinski definition) is 3. The number of pyridine rings is 1. The van der Waals surface area contributed by atoms with Crippen molar-refractivity contribution in [2.45, 2.75) is 0 Å². The Morgan fingerprint density at radius 1 is 1.42 bits per heavy atom. The molecule has 19 heavy (non-hydrogen) atoms. The zero-order valence-electron chi connectivity index (χ0n) is 10.8. The van der Waals surface area contributed by atoms with E-state index in [2.05, 4.69) is 31.8 Å². The van der Waals surface area contributed by atoms with E-state index in [0.717, 1.165) is 0 Å². The van der Waals surface area contributed by atoms with Crippen molar-refractivity contribution in [3.63, 3.8) is 0 Å². The third kappa shape index (κ3) is 5.55. The summed E-state index contributed by atoms with van der Waals surface area (Å²) in [4.78, 5) is 19.5. The van der Waals surface area contributed by atoms with Gasteiger partial charge in [0.25, 0.3) is 5.91 Å². The van der Waals surface area contributed by atoms with Crippen molar-refractivity contribution in [3.05, 3.63) is 30.1 Å². The van der Waals surface area contributed by atoms with E-state index in [9.17, 15) is 4.79 Å². The fourth-order valence-corrected chi connectivity index (χ4v) is 1.31. The number of terminal acetylenes is 1. The van der Waals surface area contributed by atoms with Crippen LogP contribution in [0.3, 0.4) is 0 Å². The Morgan fingerprint density at radius 2 is 2.21 bits per heavy atom. The second kappa shape index (κ2) is 8.53. The highest BCUT2D eigenvalue weighted by atomic mass is 16.1. The summed E-state index contributed by atoms with van der Waals surface area (Å²) < 4.78 is 0. The molecule has 0 atom stereocenters. The van der Waals surface area contributed by atoms with E-state index in [1.807, 2.05) is 0 Å². The lowest BCUT2D eigenvalue weighted by Gasteiger charge is -2.10. The van der Waals surface area contributed by atoms with Crippen molar-refractivity contribution in [3.8, 4) is 12.3 Å². The minimum absolute atomic E-state index is 0.151. The number of amides is 1. The monoisotopic (exact) mass is 259 g/mol. The van der Waals surface area contributed by atoms with Gasteiger partial charge < -0.3 is 16.0 Å². The first-order valence-corrected chi connectivity index (χ1v) is 5.84. The molecular formula is C13H17N5O. The summed E-state index contributed by atoms with van der Waals surface area (Å²) in [7, 11) is 1.65. The molecule has 0 unspecified atom stereocenters. The number of carbonyl (C=O) groups excluding carboxylic acids is 1. The van der Waals surface area contributed by atoms with Gasteiger partial charge in [-0.25, -0.2) is 0 Å². The Hall–Kier alpha value is -2.55. The first-order valence-electron chi connectivity index (χ1n) is 5.84. The Balaban J connectivity index is 2.24. The molecule has 1 rings (SSSR count). The van der Waals surface area contributed by atoms with Crippen LogP contribution < -0.4 is 16.0 Å². The Morgan fingerprint density at radius 3 is 2.84 bits per heavy atom. The van der Waals surface area contributed by atoms with Crippen LogP contribution >= 0.6 is 0 Å². The molecule has 6 heteroatoms. The SMILES string of the molecule is C#CCNC(=NC)NCCNC(=O)c1cccnc1. The lowest BCUT2D eigenvalue weighted by atomic mass is 10.3. The minimum Gasteiger partial charge on any atom is -0.355 e. The third-order valence-corrected chi connectivity index (χ3v) is 2.21. The van der Waals surface area contributed by atoms with Gasteiger partial charge in [0.1, 0.15) is 0 Å². The molecule has 0 aliphatic heterocycles. The number of hydrogen-bond acceptors (Lipinski definition) is 3. The molecule has 0 spiro atoms. The molecule has 1 heterocycles. The van der Waals surface area contributed by atoms with Gasteiger partial charge in [0.05, 0.1) is 12.1 Å². The summed E-state index contributed by atoms with van der Waals surface area (Å²) in [6.07, 6.45) is 8.28. The van der Waals surface area contributed by atoms with E-state index in [0.29, 0.717) is 31.2 Å². The average molecular weight is 259 g/mol. The maximum Gasteiger partial charge on any atom is 0.252 e. The number of guanidine groups is 1. The quantitative estimate of drug-likeness (QED) is 0.291. The molecule has 0 aliphatic carbocycles. The van der Waals surface area contributed by atoms with E-state index < -0.39 is 0 Å². The zero-order chi connectivity index (χ0) is 13.9. The summed E-state index contributed by atoms with van der Waals surface area (Å²) in [6.45, 7) is 1.43. The minimum atomic E-state index is -0.151. The summed E-state index contributed by atoms with van der Waals surface area (Å²) in [5.41, 5.74) is 0.539. The summed E-state index contributed by atoms with van der Waals surface area (Å²) in [5.74, 6) is 2.91. The normalized spacial score (nSPS) is 10.4. The zero-order valence-corrected chi connectivity index (χ0v) is 10.8. The number of nitrogens with one attached hydrogen (secondary N) is 3. The van der Waals surface area contributed by atoms with E-state index in [1.54, 1.807) is 25.4 Å². The van der Waals surface area contributed by atoms with E-state index >= 15 is 0 Å². The maximum absolute atomic E-state index is 11.7. The van der Waals surface area contributed by atoms with Crippen LogP contribution in [-0.2, 0) is 0 Å². The maximum atomic E-state index is 11.7. The van der Waals surface area contributed by atoms with Crippen molar-refractivity contribution in [1.29, 1.82) is 0 Å². The molecular weight excluding hydrogens is 242 g/mol. The Bertz CT molecular complexity index is 464. The lowest BCUT2D eigenvalue weighted by molar-refractivity contribution is 0.0954. The van der Waals surface area contributed by atoms with Crippen LogP contribution in [0.2, 0.25) is 0 Å². The average Bonchev–Trinajstić information content (AvgIpc) is 2.47. The first-order chi connectivity index (χ1) is 9.27. The van der Waals surface area contributed by atoms with Gasteiger partial charge in [-0.1, -0.05) is 5.92 Å². The molecule has 3 N–H and O–H groups in total. The molecule has 0 aromatic carbocycles. The van der Waals surface area contributed by atoms with Crippen LogP contribution in [0.5, 0.6) is 0 Å². The van der Waals surface area contributed by atoms with Crippen LogP contribution in [0.4, 0.5) is 0 Å². The molecule has 1 aromatic rings. The van der Waals surface area contributed by atoms with Crippen molar-refractivity contribution < 1.29 is 4.79 Å². The van der Waals surface area contributed by atoms with Crippen molar-refractivity contribution in [2.75, 3.05) is 26.7 Å². The smallest absolute Gasteiger partial charge is 0.252 e. The van der Waals surface area contributed by atoms with Crippen molar-refractivity contribution in [2.24, 2.45) is 4.99 Å². The second-order valence-electron chi connectivity index (χ2n) is 3.55. The predicted octanol–water partition coefficient (Wildman–Crippen LogP) is -0.390. The number of aliphatic imine (C=N–C) groups is 1. The summed E-state index contributed by atoms with van der Waals surface area (Å²) in [6, 6.07) is 3.43. The van der Waals surface area contributed by atoms with E-state index in [4.69, 9.17) is 6.42 Å². The molecule has 0 aliphatic rings. The topological polar surface area (TPSA) is 78.4 Å². The van der Waals surface area contributed by atoms with Gasteiger partial charge in [0, 0.05) is 32.5 Å². The Labute approximate surface area is 112 Å². The Kier molecular flexibility index (Phi) is 6.51. The molecule has 0 bridgehead atoms. The number of carbonyl (C=O) groups is 1. The van der Waals surface area contributed by atoms with Crippen LogP contribution in [0, 0.1) is 12.3 Å². The third-order valence-electron chi connectivity index (χ3n) is 2.21. The molecule has 6 nitrogen and oxygen atoms in total. The van der Waals surface area contributed by atoms with Gasteiger partial charge in [-0.3, -0.25) is 14.8 Å². The van der Waals surface area contributed by atoms with Crippen LogP contribution in [-0.4, -0.2) is 43.5 Å². The first kappa shape index (κ1) is 14.5. The molecule has 0 radical (unpaired) electrons. The molecule has 1 amide bonds. The van der Waals surface area contributed by atoms with Gasteiger partial charge in [-0.15, -0.1) is 6.42 Å². The highest BCUT2D eigenvalue weighted by molar-refractivity contribution is 5.93. The highest BCUT2D eigenvalue weighted by Gasteiger charge is 2.03. The van der Waals surface area contributed by atoms with Crippen LogP contribution in [0.15, 0.2) is 29.5 Å². The number of aromatic nitrogens is 1. The molecule has 0 saturated carbocycles. The second-order valence-corrected chi connectivity index (χ2v) is 3.55. The van der Waals surface area contributed by atoms with Crippen LogP contribution in [0.25, 0.3) is 0 Å². The number of rotatable bonds is 5. The summed E-state index contributed by atoms with van der Waals surface area (Å²) in [5, 5.41) is 8.71. The summed E-state index contributed by atoms with van der Waals surface area (Å²) >= 11 is 0. The molecule has 100 valence electrons. The van der Waals surface area contributed by atoms with Crippen molar-refractivity contribution in [1.82, 2.24) is 20.9 Å². The van der Waals surface area contributed by atoms with E-state index in [1.165, 1.54) is 6.20 Å². The van der Waals surface area contributed by atoms with Crippen molar-refractivity contribution >= 4 is 11.9 Å². The fraction of sp³-hybridized carbons (Fsp3) is 0.308. The molecule has 0 fully saturated rings. The molecule has 0 saturated heterocycles. The molecule has 1 aromatic heterocycles. The van der Waals surface area contributed by atoms with Gasteiger partial charge in [0.15, 0.2) is 5.96 Å². The van der Waals surface area contributed by atoms with Gasteiger partial charge in [-0.2, -0.15) is 0 Å². The van der Waals surface area contributed by atoms with Gasteiger partial charge in [-0.05, 0) is 12.1 Å². The van der Waals surface area contributed by atoms with Crippen LogP contribution in [0.1, 0.15) is 10.4 Å². The standard InChI is InChI=1S/C13H17N5O/c1-3-6-17-13(14-2)18-9-8-16-12(19)11-5-4-7-15-10-11/h1,4-5,7,10H,6,8-9H2,2H3,(H,16,19)(H2,14,17,18). The van der Waals surface area contributed by atoms with Gasteiger partial charge in [0.2, 0.25) is 0 Å². The lowest BCUT2D eigenvalue weighted by Crippen LogP contribution is -2.41. The van der Waals surface area contributed by atoms with Gasteiger partial charge >= 0.3 is 0 Å². The number of nitrogens with zero attached hydrogens (tertiary/aromatic N) is 2.